The Hall–Kier alpha value is -1.36. The Morgan fingerprint density at radius 2 is 1.78 bits per heavy atom. The van der Waals surface area contributed by atoms with Crippen molar-refractivity contribution in [3.8, 4) is 11.1 Å². The molecule has 0 saturated heterocycles. The zero-order chi connectivity index (χ0) is 13.1. The van der Waals surface area contributed by atoms with E-state index in [2.05, 4.69) is 52.2 Å². The topological polar surface area (TPSA) is 29.1 Å². The molecular weight excluding hydrogens is 337 g/mol. The molecule has 2 aromatic carbocycles. The first-order valence-electron chi connectivity index (χ1n) is 5.71. The van der Waals surface area contributed by atoms with E-state index in [4.69, 9.17) is 0 Å². The normalized spacial score (nSPS) is 10.2. The molecule has 2 aromatic rings. The van der Waals surface area contributed by atoms with Gasteiger partial charge >= 0.3 is 0 Å². The third-order valence-corrected chi connectivity index (χ3v) is 3.45. The lowest BCUT2D eigenvalue weighted by Gasteiger charge is -2.13. The van der Waals surface area contributed by atoms with Crippen LogP contribution in [0.3, 0.4) is 0 Å². The van der Waals surface area contributed by atoms with E-state index >= 15 is 0 Å². The molecule has 0 radical (unpaired) electrons. The SMILES string of the molecule is CC(=O)Nc1c(C)cccc1-c1ccc(I)cc1. The Bertz CT molecular complexity index is 576. The van der Waals surface area contributed by atoms with Crippen molar-refractivity contribution in [1.29, 1.82) is 0 Å². The van der Waals surface area contributed by atoms with E-state index in [1.165, 1.54) is 10.5 Å². The average Bonchev–Trinajstić information content (AvgIpc) is 2.32. The number of nitrogens with one attached hydrogen (secondary N) is 1. The molecule has 0 aliphatic heterocycles. The molecule has 1 N–H and O–H groups in total. The molecule has 0 aromatic heterocycles. The number of halogens is 1. The van der Waals surface area contributed by atoms with Gasteiger partial charge in [0.05, 0.1) is 5.69 Å². The Morgan fingerprint density at radius 3 is 2.39 bits per heavy atom. The maximum atomic E-state index is 11.3. The number of anilines is 1. The van der Waals surface area contributed by atoms with Gasteiger partial charge in [-0.1, -0.05) is 30.3 Å². The first-order valence-corrected chi connectivity index (χ1v) is 6.79. The molecule has 18 heavy (non-hydrogen) atoms. The minimum Gasteiger partial charge on any atom is -0.326 e. The van der Waals surface area contributed by atoms with Crippen LogP contribution in [0.4, 0.5) is 5.69 Å². The predicted molar refractivity (Wildman–Crippen MR) is 83.6 cm³/mol. The highest BCUT2D eigenvalue weighted by molar-refractivity contribution is 14.1. The minimum atomic E-state index is -0.0453. The van der Waals surface area contributed by atoms with E-state index in [0.29, 0.717) is 0 Å². The van der Waals surface area contributed by atoms with Crippen LogP contribution < -0.4 is 5.32 Å². The quantitative estimate of drug-likeness (QED) is 0.807. The first kappa shape index (κ1) is 13.1. The summed E-state index contributed by atoms with van der Waals surface area (Å²) >= 11 is 2.28. The molecule has 3 heteroatoms. The molecule has 0 spiro atoms. The van der Waals surface area contributed by atoms with E-state index in [1.807, 2.05) is 25.1 Å². The smallest absolute Gasteiger partial charge is 0.221 e. The monoisotopic (exact) mass is 351 g/mol. The molecule has 0 unspecified atom stereocenters. The fraction of sp³-hybridized carbons (Fsp3) is 0.133. The molecule has 0 heterocycles. The molecule has 0 aliphatic carbocycles. The van der Waals surface area contributed by atoms with E-state index in [0.717, 1.165) is 22.4 Å². The highest BCUT2D eigenvalue weighted by Gasteiger charge is 2.08. The van der Waals surface area contributed by atoms with Crippen LogP contribution >= 0.6 is 22.6 Å². The number of rotatable bonds is 2. The van der Waals surface area contributed by atoms with Gasteiger partial charge in [0.15, 0.2) is 0 Å². The van der Waals surface area contributed by atoms with Gasteiger partial charge in [0.1, 0.15) is 0 Å². The van der Waals surface area contributed by atoms with E-state index in [-0.39, 0.29) is 5.91 Å². The molecule has 0 bridgehead atoms. The summed E-state index contributed by atoms with van der Waals surface area (Å²) in [5, 5.41) is 2.91. The molecule has 2 rings (SSSR count). The van der Waals surface area contributed by atoms with Crippen molar-refractivity contribution in [2.45, 2.75) is 13.8 Å². The van der Waals surface area contributed by atoms with Crippen LogP contribution in [0, 0.1) is 10.5 Å². The third kappa shape index (κ3) is 2.90. The van der Waals surface area contributed by atoms with Crippen molar-refractivity contribution in [3.05, 3.63) is 51.6 Å². The van der Waals surface area contributed by atoms with E-state index in [1.54, 1.807) is 0 Å². The summed E-state index contributed by atoms with van der Waals surface area (Å²) in [5.41, 5.74) is 4.14. The van der Waals surface area contributed by atoms with E-state index < -0.39 is 0 Å². The Morgan fingerprint density at radius 1 is 1.11 bits per heavy atom. The van der Waals surface area contributed by atoms with Gasteiger partial charge in [-0.05, 0) is 52.8 Å². The number of amides is 1. The molecule has 0 aliphatic rings. The number of hydrogen-bond acceptors (Lipinski definition) is 1. The first-order chi connectivity index (χ1) is 8.58. The molecule has 2 nitrogen and oxygen atoms in total. The average molecular weight is 351 g/mol. The van der Waals surface area contributed by atoms with Crippen LogP contribution in [0.1, 0.15) is 12.5 Å². The maximum Gasteiger partial charge on any atom is 0.221 e. The summed E-state index contributed by atoms with van der Waals surface area (Å²) in [6.07, 6.45) is 0. The van der Waals surface area contributed by atoms with Crippen LogP contribution in [-0.2, 0) is 4.79 Å². The second kappa shape index (κ2) is 5.52. The Labute approximate surface area is 121 Å². The van der Waals surface area contributed by atoms with Gasteiger partial charge < -0.3 is 5.32 Å². The van der Waals surface area contributed by atoms with Gasteiger partial charge in [0.2, 0.25) is 5.91 Å². The lowest BCUT2D eigenvalue weighted by molar-refractivity contribution is -0.114. The predicted octanol–water partition coefficient (Wildman–Crippen LogP) is 4.23. The second-order valence-electron chi connectivity index (χ2n) is 4.19. The van der Waals surface area contributed by atoms with Crippen LogP contribution in [-0.4, -0.2) is 5.91 Å². The zero-order valence-corrected chi connectivity index (χ0v) is 12.5. The van der Waals surface area contributed by atoms with Gasteiger partial charge in [0, 0.05) is 16.1 Å². The van der Waals surface area contributed by atoms with Gasteiger partial charge in [-0.2, -0.15) is 0 Å². The van der Waals surface area contributed by atoms with Gasteiger partial charge in [0.25, 0.3) is 0 Å². The molecule has 1 amide bonds. The fourth-order valence-electron chi connectivity index (χ4n) is 1.88. The highest BCUT2D eigenvalue weighted by Crippen LogP contribution is 2.31. The standard InChI is InChI=1S/C15H14INO/c1-10-4-3-5-14(15(10)17-11(2)18)12-6-8-13(16)9-7-12/h3-9H,1-2H3,(H,17,18). The summed E-state index contributed by atoms with van der Waals surface area (Å²) in [6, 6.07) is 14.3. The van der Waals surface area contributed by atoms with Gasteiger partial charge in [-0.3, -0.25) is 4.79 Å². The van der Waals surface area contributed by atoms with Crippen molar-refractivity contribution >= 4 is 34.2 Å². The van der Waals surface area contributed by atoms with Crippen LogP contribution in [0.15, 0.2) is 42.5 Å². The van der Waals surface area contributed by atoms with Crippen LogP contribution in [0.2, 0.25) is 0 Å². The lowest BCUT2D eigenvalue weighted by Crippen LogP contribution is -2.08. The van der Waals surface area contributed by atoms with Crippen molar-refractivity contribution < 1.29 is 4.79 Å². The highest BCUT2D eigenvalue weighted by atomic mass is 127. The Kier molecular flexibility index (Phi) is 4.01. The summed E-state index contributed by atoms with van der Waals surface area (Å²) in [6.45, 7) is 3.53. The number of para-hydroxylation sites is 1. The van der Waals surface area contributed by atoms with Crippen LogP contribution in [0.25, 0.3) is 11.1 Å². The molecular formula is C15H14INO. The van der Waals surface area contributed by atoms with Crippen molar-refractivity contribution in [2.24, 2.45) is 0 Å². The second-order valence-corrected chi connectivity index (χ2v) is 5.43. The van der Waals surface area contributed by atoms with Crippen LogP contribution in [0.5, 0.6) is 0 Å². The fourth-order valence-corrected chi connectivity index (χ4v) is 2.24. The van der Waals surface area contributed by atoms with Gasteiger partial charge in [-0.25, -0.2) is 0 Å². The number of aryl methyl sites for hydroxylation is 1. The molecule has 92 valence electrons. The lowest BCUT2D eigenvalue weighted by atomic mass is 10.0. The number of carbonyl (C=O) groups is 1. The summed E-state index contributed by atoms with van der Waals surface area (Å²) in [4.78, 5) is 11.3. The maximum absolute atomic E-state index is 11.3. The largest absolute Gasteiger partial charge is 0.326 e. The summed E-state index contributed by atoms with van der Waals surface area (Å²) in [7, 11) is 0. The Balaban J connectivity index is 2.53. The number of hydrogen-bond donors (Lipinski definition) is 1. The number of benzene rings is 2. The third-order valence-electron chi connectivity index (χ3n) is 2.73. The summed E-state index contributed by atoms with van der Waals surface area (Å²) in [5.74, 6) is -0.0453. The summed E-state index contributed by atoms with van der Waals surface area (Å²) < 4.78 is 1.20. The van der Waals surface area contributed by atoms with Crippen molar-refractivity contribution in [1.82, 2.24) is 0 Å². The number of carbonyl (C=O) groups excluding carboxylic acids is 1. The molecule has 0 fully saturated rings. The van der Waals surface area contributed by atoms with Gasteiger partial charge in [-0.15, -0.1) is 0 Å². The molecule has 0 saturated carbocycles. The van der Waals surface area contributed by atoms with E-state index in [9.17, 15) is 4.79 Å². The zero-order valence-electron chi connectivity index (χ0n) is 10.3. The van der Waals surface area contributed by atoms with Crippen molar-refractivity contribution in [2.75, 3.05) is 5.32 Å². The van der Waals surface area contributed by atoms with Crippen molar-refractivity contribution in [3.63, 3.8) is 0 Å². The minimum absolute atomic E-state index is 0.0453. The molecule has 0 atom stereocenters.